The Bertz CT molecular complexity index is 445. The maximum absolute atomic E-state index is 12.7. The summed E-state index contributed by atoms with van der Waals surface area (Å²) >= 11 is 0. The average Bonchev–Trinajstić information content (AvgIpc) is 2.38. The summed E-state index contributed by atoms with van der Waals surface area (Å²) in [6, 6.07) is 4.00. The first kappa shape index (κ1) is 15.2. The Hall–Kier alpha value is -1.17. The molecule has 0 atom stereocenters. The highest BCUT2D eigenvalue weighted by Gasteiger charge is 2.27. The van der Waals surface area contributed by atoms with E-state index in [1.807, 2.05) is 0 Å². The normalized spacial score (nSPS) is 17.2. The van der Waals surface area contributed by atoms with Crippen LogP contribution in [0.5, 0.6) is 5.75 Å². The van der Waals surface area contributed by atoms with Gasteiger partial charge in [0.1, 0.15) is 12.4 Å². The Morgan fingerprint density at radius 2 is 1.85 bits per heavy atom. The summed E-state index contributed by atoms with van der Waals surface area (Å²) in [6.07, 6.45) is 3.74. The number of aryl methyl sites for hydroxylation is 1. The van der Waals surface area contributed by atoms with E-state index in [2.05, 4.69) is 4.90 Å². The molecular weight excluding hydrogens is 266 g/mol. The van der Waals surface area contributed by atoms with Crippen LogP contribution in [0.25, 0.3) is 0 Å². The fourth-order valence-corrected chi connectivity index (χ4v) is 2.58. The van der Waals surface area contributed by atoms with Crippen LogP contribution in [0.3, 0.4) is 0 Å². The summed E-state index contributed by atoms with van der Waals surface area (Å²) in [6.45, 7) is 0.0881. The Labute approximate surface area is 118 Å². The fourth-order valence-electron chi connectivity index (χ4n) is 2.58. The number of halogens is 3. The van der Waals surface area contributed by atoms with Gasteiger partial charge < -0.3 is 17.7 Å². The molecule has 1 fully saturated rings. The summed E-state index contributed by atoms with van der Waals surface area (Å²) in [5.74, 6) is 0.517. The van der Waals surface area contributed by atoms with Crippen molar-refractivity contribution in [1.29, 1.82) is 0 Å². The minimum Gasteiger partial charge on any atom is -0.492 e. The Morgan fingerprint density at radius 3 is 2.45 bits per heavy atom. The molecule has 1 aliphatic heterocycles. The first-order valence-electron chi connectivity index (χ1n) is 7.12. The monoisotopic (exact) mass is 286 g/mol. The lowest BCUT2D eigenvalue weighted by molar-refractivity contribution is 0.183. The van der Waals surface area contributed by atoms with E-state index in [1.54, 1.807) is 0 Å². The van der Waals surface area contributed by atoms with Gasteiger partial charge in [0.25, 0.3) is 0 Å². The van der Waals surface area contributed by atoms with E-state index in [4.69, 9.17) is 4.74 Å². The highest BCUT2D eigenvalue weighted by Crippen LogP contribution is 2.17. The lowest BCUT2D eigenvalue weighted by Gasteiger charge is -2.26. The van der Waals surface area contributed by atoms with Crippen molar-refractivity contribution < 1.29 is 17.7 Å². The van der Waals surface area contributed by atoms with Crippen molar-refractivity contribution in [2.75, 3.05) is 26.2 Å². The number of rotatable bonds is 5. The van der Waals surface area contributed by atoms with Gasteiger partial charge in [-0.3, -0.25) is 4.90 Å². The SMILES string of the molecule is Cc1cc(OCCN2CCCCC2)ccc1[B-](F)(F)F. The van der Waals surface area contributed by atoms with Gasteiger partial charge in [-0.15, -0.1) is 5.46 Å². The highest BCUT2D eigenvalue weighted by atomic mass is 19.4. The molecule has 0 N–H and O–H groups in total. The first-order chi connectivity index (χ1) is 9.47. The van der Waals surface area contributed by atoms with E-state index in [0.717, 1.165) is 25.7 Å². The third-order valence-corrected chi connectivity index (χ3v) is 3.72. The molecule has 0 bridgehead atoms. The fraction of sp³-hybridized carbons (Fsp3) is 0.571. The molecule has 0 aromatic heterocycles. The lowest BCUT2D eigenvalue weighted by atomic mass is 9.77. The smallest absolute Gasteiger partial charge is 0.492 e. The molecule has 1 aliphatic rings. The molecule has 1 aromatic rings. The number of hydrogen-bond acceptors (Lipinski definition) is 2. The van der Waals surface area contributed by atoms with E-state index in [0.29, 0.717) is 12.4 Å². The summed E-state index contributed by atoms with van der Waals surface area (Å²) in [4.78, 5) is 2.34. The molecule has 0 amide bonds. The van der Waals surface area contributed by atoms with Crippen molar-refractivity contribution in [3.05, 3.63) is 23.8 Å². The number of nitrogens with zero attached hydrogens (tertiary/aromatic N) is 1. The van der Waals surface area contributed by atoms with Crippen LogP contribution in [0.15, 0.2) is 18.2 Å². The zero-order valence-electron chi connectivity index (χ0n) is 11.7. The van der Waals surface area contributed by atoms with E-state index in [9.17, 15) is 12.9 Å². The van der Waals surface area contributed by atoms with Gasteiger partial charge in [0.15, 0.2) is 0 Å². The second kappa shape index (κ2) is 6.52. The topological polar surface area (TPSA) is 12.5 Å². The predicted molar refractivity (Wildman–Crippen MR) is 75.7 cm³/mol. The average molecular weight is 286 g/mol. The van der Waals surface area contributed by atoms with Crippen LogP contribution in [0.2, 0.25) is 0 Å². The second-order valence-corrected chi connectivity index (χ2v) is 5.34. The minimum absolute atomic E-state index is 0.230. The standard InChI is InChI=1S/C14H20BF3NO/c1-12-11-13(5-6-14(12)15(16,17)18)20-10-9-19-7-3-2-4-8-19/h5-6,11H,2-4,7-10H2,1H3/q-1. The van der Waals surface area contributed by atoms with Crippen molar-refractivity contribution >= 4 is 12.4 Å². The Balaban J connectivity index is 1.85. The van der Waals surface area contributed by atoms with Crippen LogP contribution in [0.1, 0.15) is 24.8 Å². The van der Waals surface area contributed by atoms with Gasteiger partial charge in [0.2, 0.25) is 0 Å². The molecule has 0 saturated carbocycles. The van der Waals surface area contributed by atoms with Crippen LogP contribution in [-0.4, -0.2) is 38.1 Å². The zero-order valence-corrected chi connectivity index (χ0v) is 11.7. The Kier molecular flexibility index (Phi) is 4.97. The van der Waals surface area contributed by atoms with Gasteiger partial charge in [-0.2, -0.15) is 0 Å². The van der Waals surface area contributed by atoms with Crippen LogP contribution < -0.4 is 10.2 Å². The largest absolute Gasteiger partial charge is 0.509 e. The molecule has 2 rings (SSSR count). The molecule has 0 aliphatic carbocycles. The molecule has 112 valence electrons. The predicted octanol–water partition coefficient (Wildman–Crippen LogP) is 2.91. The molecule has 2 nitrogen and oxygen atoms in total. The second-order valence-electron chi connectivity index (χ2n) is 5.34. The lowest BCUT2D eigenvalue weighted by Crippen LogP contribution is -2.36. The van der Waals surface area contributed by atoms with E-state index < -0.39 is 12.4 Å². The third kappa shape index (κ3) is 4.17. The van der Waals surface area contributed by atoms with Gasteiger partial charge in [-0.25, -0.2) is 0 Å². The molecular formula is C14H20BF3NO-. The van der Waals surface area contributed by atoms with E-state index in [-0.39, 0.29) is 5.56 Å². The van der Waals surface area contributed by atoms with Gasteiger partial charge in [0, 0.05) is 6.54 Å². The van der Waals surface area contributed by atoms with Crippen LogP contribution in [0, 0.1) is 6.92 Å². The zero-order chi connectivity index (χ0) is 14.6. The minimum atomic E-state index is -4.94. The molecule has 20 heavy (non-hydrogen) atoms. The number of piperidine rings is 1. The van der Waals surface area contributed by atoms with Crippen molar-refractivity contribution in [1.82, 2.24) is 4.90 Å². The van der Waals surface area contributed by atoms with Crippen molar-refractivity contribution in [3.8, 4) is 5.75 Å². The molecule has 6 heteroatoms. The summed E-state index contributed by atoms with van der Waals surface area (Å²) in [5.41, 5.74) is -0.304. The molecule has 0 spiro atoms. The Morgan fingerprint density at radius 1 is 1.15 bits per heavy atom. The van der Waals surface area contributed by atoms with Crippen molar-refractivity contribution in [3.63, 3.8) is 0 Å². The van der Waals surface area contributed by atoms with Crippen LogP contribution in [0.4, 0.5) is 12.9 Å². The van der Waals surface area contributed by atoms with Gasteiger partial charge in [0.05, 0.1) is 0 Å². The number of ether oxygens (including phenoxy) is 1. The first-order valence-corrected chi connectivity index (χ1v) is 7.12. The maximum Gasteiger partial charge on any atom is 0.509 e. The van der Waals surface area contributed by atoms with Crippen molar-refractivity contribution in [2.24, 2.45) is 0 Å². The van der Waals surface area contributed by atoms with Crippen LogP contribution >= 0.6 is 0 Å². The summed E-state index contributed by atoms with van der Waals surface area (Å²) in [7, 11) is 0. The van der Waals surface area contributed by atoms with Crippen LogP contribution in [-0.2, 0) is 0 Å². The molecule has 1 aromatic carbocycles. The number of benzene rings is 1. The summed E-state index contributed by atoms with van der Waals surface area (Å²) < 4.78 is 43.6. The molecule has 1 heterocycles. The molecule has 0 unspecified atom stereocenters. The molecule has 0 radical (unpaired) electrons. The van der Waals surface area contributed by atoms with Gasteiger partial charge >= 0.3 is 6.98 Å². The summed E-state index contributed by atoms with van der Waals surface area (Å²) in [5, 5.41) is 0. The number of likely N-dealkylation sites (tertiary alicyclic amines) is 1. The van der Waals surface area contributed by atoms with Gasteiger partial charge in [-0.05, 0) is 45.0 Å². The third-order valence-electron chi connectivity index (χ3n) is 3.72. The highest BCUT2D eigenvalue weighted by molar-refractivity contribution is 6.74. The van der Waals surface area contributed by atoms with E-state index in [1.165, 1.54) is 38.3 Å². The molecule has 1 saturated heterocycles. The van der Waals surface area contributed by atoms with E-state index >= 15 is 0 Å². The quantitative estimate of drug-likeness (QED) is 0.772. The maximum atomic E-state index is 12.7. The number of hydrogen-bond donors (Lipinski definition) is 0. The van der Waals surface area contributed by atoms with Gasteiger partial charge in [-0.1, -0.05) is 18.1 Å². The van der Waals surface area contributed by atoms with Crippen molar-refractivity contribution in [2.45, 2.75) is 26.2 Å².